The second kappa shape index (κ2) is 5.28. The average molecular weight is 261 g/mol. The molecule has 0 radical (unpaired) electrons. The van der Waals surface area contributed by atoms with Crippen LogP contribution >= 0.6 is 0 Å². The minimum atomic E-state index is 0.347. The highest BCUT2D eigenvalue weighted by molar-refractivity contribution is 5.14. The van der Waals surface area contributed by atoms with Crippen LogP contribution in [-0.2, 0) is 19.4 Å². The van der Waals surface area contributed by atoms with Crippen LogP contribution in [0, 0.1) is 17.8 Å². The average Bonchev–Trinajstić information content (AvgIpc) is 3.04. The van der Waals surface area contributed by atoms with Crippen LogP contribution in [0.25, 0.3) is 0 Å². The van der Waals surface area contributed by atoms with E-state index in [1.54, 1.807) is 0 Å². The number of fused-ring (bicyclic) bond motifs is 1. The van der Waals surface area contributed by atoms with Crippen LogP contribution in [-0.4, -0.2) is 15.8 Å². The molecule has 3 atom stereocenters. The van der Waals surface area contributed by atoms with E-state index in [1.165, 1.54) is 37.1 Å². The molecule has 1 aromatic rings. The minimum Gasteiger partial charge on any atom is -0.327 e. The van der Waals surface area contributed by atoms with E-state index in [-0.39, 0.29) is 0 Å². The molecule has 2 saturated carbocycles. The number of hydrogen-bond acceptors (Lipinski definition) is 2. The third kappa shape index (κ3) is 2.45. The molecule has 0 spiro atoms. The number of aryl methyl sites for hydroxylation is 2. The molecule has 0 aliphatic heterocycles. The first kappa shape index (κ1) is 13.2. The molecule has 19 heavy (non-hydrogen) atoms. The third-order valence-electron chi connectivity index (χ3n) is 5.24. The Bertz CT molecular complexity index is 425. The lowest BCUT2D eigenvalue weighted by Gasteiger charge is -2.12. The Morgan fingerprint density at radius 1 is 1.32 bits per heavy atom. The van der Waals surface area contributed by atoms with E-state index >= 15 is 0 Å². The summed E-state index contributed by atoms with van der Waals surface area (Å²) < 4.78 is 2.14. The molecule has 3 unspecified atom stereocenters. The molecule has 3 rings (SSSR count). The number of aromatic nitrogens is 2. The zero-order valence-electron chi connectivity index (χ0n) is 12.3. The number of rotatable bonds is 5. The monoisotopic (exact) mass is 261 g/mol. The fourth-order valence-electron chi connectivity index (χ4n) is 4.19. The third-order valence-corrected chi connectivity index (χ3v) is 5.24. The molecule has 2 aliphatic rings. The van der Waals surface area contributed by atoms with E-state index < -0.39 is 0 Å². The van der Waals surface area contributed by atoms with Gasteiger partial charge in [-0.05, 0) is 50.0 Å². The smallest absolute Gasteiger partial charge is 0.0624 e. The second-order valence-corrected chi connectivity index (χ2v) is 6.35. The predicted octanol–water partition coefficient (Wildman–Crippen LogP) is 2.77. The van der Waals surface area contributed by atoms with Crippen molar-refractivity contribution in [3.05, 3.63) is 17.5 Å². The molecular formula is C16H27N3. The van der Waals surface area contributed by atoms with Crippen molar-refractivity contribution in [3.8, 4) is 0 Å². The summed E-state index contributed by atoms with van der Waals surface area (Å²) >= 11 is 0. The van der Waals surface area contributed by atoms with E-state index in [9.17, 15) is 0 Å². The van der Waals surface area contributed by atoms with Gasteiger partial charge in [-0.3, -0.25) is 4.68 Å². The molecule has 0 aromatic carbocycles. The molecule has 0 amide bonds. The van der Waals surface area contributed by atoms with Gasteiger partial charge in [-0.25, -0.2) is 0 Å². The van der Waals surface area contributed by atoms with Gasteiger partial charge in [-0.2, -0.15) is 5.10 Å². The molecule has 3 heteroatoms. The fraction of sp³-hybridized carbons (Fsp3) is 0.812. The van der Waals surface area contributed by atoms with Crippen molar-refractivity contribution in [2.24, 2.45) is 23.5 Å². The highest BCUT2D eigenvalue weighted by Crippen LogP contribution is 2.56. The van der Waals surface area contributed by atoms with Gasteiger partial charge in [0, 0.05) is 24.7 Å². The number of nitrogens with zero attached hydrogens (tertiary/aromatic N) is 2. The molecule has 2 N–H and O–H groups in total. The first-order valence-electron chi connectivity index (χ1n) is 8.05. The first-order valence-corrected chi connectivity index (χ1v) is 8.05. The minimum absolute atomic E-state index is 0.347. The first-order chi connectivity index (χ1) is 9.24. The number of nitrogens with two attached hydrogens (primary N) is 1. The van der Waals surface area contributed by atoms with Gasteiger partial charge >= 0.3 is 0 Å². The van der Waals surface area contributed by atoms with Crippen LogP contribution in [0.3, 0.4) is 0 Å². The molecule has 2 fully saturated rings. The lowest BCUT2D eigenvalue weighted by Crippen LogP contribution is -2.28. The molecule has 106 valence electrons. The standard InChI is InChI=1S/C16H27N3/c1-3-11-9-12(19(4-2)18-11)10-15(17)16-13-7-5-6-8-14(13)16/h9,13-16H,3-8,10,17H2,1-2H3. The predicted molar refractivity (Wildman–Crippen MR) is 77.9 cm³/mol. The zero-order chi connectivity index (χ0) is 13.4. The van der Waals surface area contributed by atoms with Gasteiger partial charge in [0.25, 0.3) is 0 Å². The molecule has 3 nitrogen and oxygen atoms in total. The summed E-state index contributed by atoms with van der Waals surface area (Å²) in [6.07, 6.45) is 7.74. The normalized spacial score (nSPS) is 31.0. The van der Waals surface area contributed by atoms with Gasteiger partial charge in [-0.1, -0.05) is 19.8 Å². The van der Waals surface area contributed by atoms with Crippen LogP contribution in [0.15, 0.2) is 6.07 Å². The highest BCUT2D eigenvalue weighted by atomic mass is 15.3. The summed E-state index contributed by atoms with van der Waals surface area (Å²) in [4.78, 5) is 0. The van der Waals surface area contributed by atoms with Crippen molar-refractivity contribution in [1.29, 1.82) is 0 Å². The van der Waals surface area contributed by atoms with Crippen molar-refractivity contribution < 1.29 is 0 Å². The topological polar surface area (TPSA) is 43.8 Å². The summed E-state index contributed by atoms with van der Waals surface area (Å²) in [5.41, 5.74) is 9.05. The Hall–Kier alpha value is -0.830. The highest BCUT2D eigenvalue weighted by Gasteiger charge is 2.53. The van der Waals surface area contributed by atoms with Gasteiger partial charge in [0.1, 0.15) is 0 Å². The molecule has 0 saturated heterocycles. The SMILES string of the molecule is CCc1cc(CC(N)C2C3CCCCC32)n(CC)n1. The maximum absolute atomic E-state index is 6.50. The molecule has 0 bridgehead atoms. The largest absolute Gasteiger partial charge is 0.327 e. The van der Waals surface area contributed by atoms with Crippen LogP contribution < -0.4 is 5.73 Å². The Labute approximate surface area is 116 Å². The Kier molecular flexibility index (Phi) is 3.66. The Morgan fingerprint density at radius 3 is 2.58 bits per heavy atom. The van der Waals surface area contributed by atoms with E-state index in [4.69, 9.17) is 5.73 Å². The second-order valence-electron chi connectivity index (χ2n) is 6.35. The fourth-order valence-corrected chi connectivity index (χ4v) is 4.19. The van der Waals surface area contributed by atoms with Gasteiger partial charge < -0.3 is 5.73 Å². The Morgan fingerprint density at radius 2 is 2.00 bits per heavy atom. The maximum Gasteiger partial charge on any atom is 0.0624 e. The van der Waals surface area contributed by atoms with Crippen LogP contribution in [0.2, 0.25) is 0 Å². The summed E-state index contributed by atoms with van der Waals surface area (Å²) in [6.45, 7) is 5.29. The Balaban J connectivity index is 1.66. The van der Waals surface area contributed by atoms with E-state index in [1.807, 2.05) is 0 Å². The van der Waals surface area contributed by atoms with E-state index in [0.717, 1.165) is 37.1 Å². The summed E-state index contributed by atoms with van der Waals surface area (Å²) in [7, 11) is 0. The van der Waals surface area contributed by atoms with Crippen LogP contribution in [0.5, 0.6) is 0 Å². The summed E-state index contributed by atoms with van der Waals surface area (Å²) in [5, 5.41) is 4.63. The van der Waals surface area contributed by atoms with Crippen molar-refractivity contribution in [3.63, 3.8) is 0 Å². The van der Waals surface area contributed by atoms with Crippen molar-refractivity contribution in [2.75, 3.05) is 0 Å². The summed E-state index contributed by atoms with van der Waals surface area (Å²) in [6, 6.07) is 2.61. The van der Waals surface area contributed by atoms with Crippen LogP contribution in [0.1, 0.15) is 50.9 Å². The van der Waals surface area contributed by atoms with Crippen LogP contribution in [0.4, 0.5) is 0 Å². The van der Waals surface area contributed by atoms with Crippen molar-refractivity contribution in [2.45, 2.75) is 65.0 Å². The van der Waals surface area contributed by atoms with Gasteiger partial charge in [-0.15, -0.1) is 0 Å². The van der Waals surface area contributed by atoms with Gasteiger partial charge in [0.2, 0.25) is 0 Å². The zero-order valence-corrected chi connectivity index (χ0v) is 12.3. The van der Waals surface area contributed by atoms with Crippen molar-refractivity contribution >= 4 is 0 Å². The molecular weight excluding hydrogens is 234 g/mol. The maximum atomic E-state index is 6.50. The van der Waals surface area contributed by atoms with Crippen molar-refractivity contribution in [1.82, 2.24) is 9.78 Å². The molecule has 2 aliphatic carbocycles. The lowest BCUT2D eigenvalue weighted by molar-refractivity contribution is 0.480. The number of hydrogen-bond donors (Lipinski definition) is 1. The summed E-state index contributed by atoms with van der Waals surface area (Å²) in [5.74, 6) is 2.70. The molecule has 1 aromatic heterocycles. The van der Waals surface area contributed by atoms with Gasteiger partial charge in [0.05, 0.1) is 5.69 Å². The van der Waals surface area contributed by atoms with Gasteiger partial charge in [0.15, 0.2) is 0 Å². The lowest BCUT2D eigenvalue weighted by atomic mass is 10.0. The molecule has 1 heterocycles. The van der Waals surface area contributed by atoms with E-state index in [2.05, 4.69) is 29.7 Å². The quantitative estimate of drug-likeness (QED) is 0.885. The van der Waals surface area contributed by atoms with E-state index in [0.29, 0.717) is 6.04 Å².